The number of hydrogen-bond acceptors (Lipinski definition) is 5. The summed E-state index contributed by atoms with van der Waals surface area (Å²) in [7, 11) is 0. The minimum Gasteiger partial charge on any atom is -0.431 e. The van der Waals surface area contributed by atoms with Gasteiger partial charge in [0.05, 0.1) is 10.5 Å². The van der Waals surface area contributed by atoms with E-state index in [9.17, 15) is 10.1 Å². The van der Waals surface area contributed by atoms with Crippen LogP contribution < -0.4 is 10.5 Å². The number of benzene rings is 1. The first-order valence-corrected chi connectivity index (χ1v) is 5.30. The van der Waals surface area contributed by atoms with Gasteiger partial charge < -0.3 is 10.5 Å². The molecule has 3 N–H and O–H groups in total. The highest BCUT2D eigenvalue weighted by molar-refractivity contribution is 5.97. The minimum atomic E-state index is -0.550. The number of para-hydroxylation sites is 2. The molecule has 0 aliphatic rings. The number of pyridine rings is 1. The van der Waals surface area contributed by atoms with Crippen molar-refractivity contribution in [1.82, 2.24) is 4.98 Å². The predicted octanol–water partition coefficient (Wildman–Crippen LogP) is 2.07. The lowest BCUT2D eigenvalue weighted by Crippen LogP contribution is -2.13. The number of hydrogen-bond donors (Lipinski definition) is 2. The lowest BCUT2D eigenvalue weighted by Gasteiger charge is -2.08. The zero-order chi connectivity index (χ0) is 13.8. The molecule has 0 radical (unpaired) electrons. The molecule has 0 bridgehead atoms. The average Bonchev–Trinajstić information content (AvgIpc) is 2.39. The van der Waals surface area contributed by atoms with Crippen molar-refractivity contribution in [2.24, 2.45) is 5.73 Å². The van der Waals surface area contributed by atoms with E-state index < -0.39 is 4.92 Å². The van der Waals surface area contributed by atoms with E-state index >= 15 is 0 Å². The highest BCUT2D eigenvalue weighted by atomic mass is 16.6. The molecule has 2 aromatic rings. The molecule has 1 heterocycles. The van der Waals surface area contributed by atoms with Gasteiger partial charge in [-0.25, -0.2) is 4.98 Å². The van der Waals surface area contributed by atoms with Crippen molar-refractivity contribution < 1.29 is 9.66 Å². The predicted molar refractivity (Wildman–Crippen MR) is 68.4 cm³/mol. The maximum absolute atomic E-state index is 10.9. The number of aromatic nitrogens is 1. The lowest BCUT2D eigenvalue weighted by atomic mass is 10.2. The summed E-state index contributed by atoms with van der Waals surface area (Å²) in [6.45, 7) is 0. The highest BCUT2D eigenvalue weighted by Crippen LogP contribution is 2.31. The van der Waals surface area contributed by atoms with Crippen LogP contribution in [-0.2, 0) is 0 Å². The molecular formula is C12H10N4O3. The van der Waals surface area contributed by atoms with Crippen LogP contribution in [0.3, 0.4) is 0 Å². The van der Waals surface area contributed by atoms with Gasteiger partial charge in [0, 0.05) is 12.3 Å². The lowest BCUT2D eigenvalue weighted by molar-refractivity contribution is -0.385. The molecule has 0 unspecified atom stereocenters. The van der Waals surface area contributed by atoms with Crippen LogP contribution in [0.5, 0.6) is 11.6 Å². The molecule has 19 heavy (non-hydrogen) atoms. The minimum absolute atomic E-state index is 0.0497. The van der Waals surface area contributed by atoms with E-state index in [0.717, 1.165) is 0 Å². The second-order valence-corrected chi connectivity index (χ2v) is 3.60. The normalized spacial score (nSPS) is 9.89. The van der Waals surface area contributed by atoms with E-state index in [1.165, 1.54) is 24.4 Å². The second-order valence-electron chi connectivity index (χ2n) is 3.60. The van der Waals surface area contributed by atoms with E-state index in [-0.39, 0.29) is 28.7 Å². The quantitative estimate of drug-likeness (QED) is 0.377. The summed E-state index contributed by atoms with van der Waals surface area (Å²) in [5.41, 5.74) is 5.50. The number of nitrogens with one attached hydrogen (secondary N) is 1. The van der Waals surface area contributed by atoms with Gasteiger partial charge in [0.1, 0.15) is 5.84 Å². The maximum atomic E-state index is 10.9. The molecule has 7 nitrogen and oxygen atoms in total. The van der Waals surface area contributed by atoms with Crippen LogP contribution in [0.4, 0.5) is 5.69 Å². The molecule has 1 aromatic carbocycles. The van der Waals surface area contributed by atoms with Crippen LogP contribution in [0, 0.1) is 15.5 Å². The van der Waals surface area contributed by atoms with Gasteiger partial charge in [0.2, 0.25) is 11.6 Å². The summed E-state index contributed by atoms with van der Waals surface area (Å²) < 4.78 is 5.39. The standard InChI is InChI=1S/C12H10N4O3/c13-11(14)8-4-3-7-15-12(8)19-10-6-2-1-5-9(10)16(17)18/h1-7H,(H3,13,14). The SMILES string of the molecule is N=C(N)c1cccnc1Oc1ccccc1[N+](=O)[O-]. The smallest absolute Gasteiger partial charge is 0.311 e. The van der Waals surface area contributed by atoms with Gasteiger partial charge in [0.15, 0.2) is 0 Å². The van der Waals surface area contributed by atoms with E-state index in [4.69, 9.17) is 15.9 Å². The topological polar surface area (TPSA) is 115 Å². The summed E-state index contributed by atoms with van der Waals surface area (Å²) in [6.07, 6.45) is 1.45. The Balaban J connectivity index is 2.42. The van der Waals surface area contributed by atoms with Crippen molar-refractivity contribution in [2.45, 2.75) is 0 Å². The Morgan fingerprint density at radius 3 is 2.74 bits per heavy atom. The Bertz CT molecular complexity index is 587. The van der Waals surface area contributed by atoms with Crippen LogP contribution in [0.2, 0.25) is 0 Å². The molecule has 0 spiro atoms. The number of nitrogen functional groups attached to an aromatic ring is 1. The molecule has 0 atom stereocenters. The van der Waals surface area contributed by atoms with Gasteiger partial charge in [0.25, 0.3) is 0 Å². The number of amidine groups is 1. The fourth-order valence-electron chi connectivity index (χ4n) is 1.48. The van der Waals surface area contributed by atoms with E-state index in [2.05, 4.69) is 4.98 Å². The monoisotopic (exact) mass is 258 g/mol. The Morgan fingerprint density at radius 1 is 1.32 bits per heavy atom. The van der Waals surface area contributed by atoms with Crippen molar-refractivity contribution in [3.8, 4) is 11.6 Å². The van der Waals surface area contributed by atoms with E-state index in [1.54, 1.807) is 18.2 Å². The summed E-state index contributed by atoms with van der Waals surface area (Å²) in [5.74, 6) is -0.111. The molecule has 96 valence electrons. The summed E-state index contributed by atoms with van der Waals surface area (Å²) in [6, 6.07) is 9.08. The van der Waals surface area contributed by atoms with Crippen LogP contribution in [0.25, 0.3) is 0 Å². The van der Waals surface area contributed by atoms with Crippen molar-refractivity contribution in [1.29, 1.82) is 5.41 Å². The van der Waals surface area contributed by atoms with Crippen molar-refractivity contribution in [3.05, 3.63) is 58.3 Å². The first-order valence-electron chi connectivity index (χ1n) is 5.30. The van der Waals surface area contributed by atoms with Gasteiger partial charge in [-0.1, -0.05) is 12.1 Å². The maximum Gasteiger partial charge on any atom is 0.311 e. The third-order valence-electron chi connectivity index (χ3n) is 2.33. The first kappa shape index (κ1) is 12.5. The summed E-state index contributed by atoms with van der Waals surface area (Å²) in [5, 5.41) is 18.3. The number of nitro benzene ring substituents is 1. The number of nitrogens with zero attached hydrogens (tertiary/aromatic N) is 2. The van der Waals surface area contributed by atoms with Gasteiger partial charge in [-0.2, -0.15) is 0 Å². The summed E-state index contributed by atoms with van der Waals surface area (Å²) >= 11 is 0. The molecule has 2 rings (SSSR count). The molecule has 0 saturated carbocycles. The Hall–Kier alpha value is -2.96. The Kier molecular flexibility index (Phi) is 3.37. The van der Waals surface area contributed by atoms with E-state index in [0.29, 0.717) is 0 Å². The number of nitro groups is 1. The molecular weight excluding hydrogens is 248 g/mol. The van der Waals surface area contributed by atoms with Gasteiger partial charge in [-0.15, -0.1) is 0 Å². The Labute approximate surface area is 108 Å². The van der Waals surface area contributed by atoms with E-state index in [1.807, 2.05) is 0 Å². The zero-order valence-electron chi connectivity index (χ0n) is 9.74. The van der Waals surface area contributed by atoms with Crippen LogP contribution in [0.1, 0.15) is 5.56 Å². The van der Waals surface area contributed by atoms with Crippen LogP contribution in [-0.4, -0.2) is 15.7 Å². The Morgan fingerprint density at radius 2 is 2.05 bits per heavy atom. The van der Waals surface area contributed by atoms with Crippen LogP contribution >= 0.6 is 0 Å². The molecule has 1 aromatic heterocycles. The highest BCUT2D eigenvalue weighted by Gasteiger charge is 2.17. The molecule has 0 saturated heterocycles. The van der Waals surface area contributed by atoms with Crippen molar-refractivity contribution in [3.63, 3.8) is 0 Å². The molecule has 0 aliphatic carbocycles. The molecule has 0 amide bonds. The fraction of sp³-hybridized carbons (Fsp3) is 0. The molecule has 0 fully saturated rings. The zero-order valence-corrected chi connectivity index (χ0v) is 9.74. The molecule has 0 aliphatic heterocycles. The van der Waals surface area contributed by atoms with Crippen LogP contribution in [0.15, 0.2) is 42.6 Å². The third-order valence-corrected chi connectivity index (χ3v) is 2.33. The third kappa shape index (κ3) is 2.65. The van der Waals surface area contributed by atoms with Crippen molar-refractivity contribution in [2.75, 3.05) is 0 Å². The number of ether oxygens (including phenoxy) is 1. The summed E-state index contributed by atoms with van der Waals surface area (Å²) in [4.78, 5) is 14.2. The van der Waals surface area contributed by atoms with Crippen molar-refractivity contribution >= 4 is 11.5 Å². The fourth-order valence-corrected chi connectivity index (χ4v) is 1.48. The largest absolute Gasteiger partial charge is 0.431 e. The number of rotatable bonds is 4. The van der Waals surface area contributed by atoms with Gasteiger partial charge in [-0.3, -0.25) is 15.5 Å². The average molecular weight is 258 g/mol. The van der Waals surface area contributed by atoms with Gasteiger partial charge in [-0.05, 0) is 18.2 Å². The molecule has 7 heteroatoms. The van der Waals surface area contributed by atoms with Gasteiger partial charge >= 0.3 is 5.69 Å². The first-order chi connectivity index (χ1) is 9.09. The number of nitrogens with two attached hydrogens (primary N) is 1. The second kappa shape index (κ2) is 5.13.